The number of amides is 2. The van der Waals surface area contributed by atoms with Crippen LogP contribution in [-0.4, -0.2) is 37.1 Å². The van der Waals surface area contributed by atoms with E-state index < -0.39 is 0 Å². The number of halogens is 1. The highest BCUT2D eigenvalue weighted by Gasteiger charge is 2.22. The molecule has 5 nitrogen and oxygen atoms in total. The van der Waals surface area contributed by atoms with Crippen molar-refractivity contribution < 1.29 is 4.79 Å². The Hall–Kier alpha value is -2.52. The van der Waals surface area contributed by atoms with Gasteiger partial charge in [0.25, 0.3) is 0 Å². The number of para-hydroxylation sites is 1. The summed E-state index contributed by atoms with van der Waals surface area (Å²) in [5, 5.41) is 12.1. The third-order valence-corrected chi connectivity index (χ3v) is 4.50. The maximum absolute atomic E-state index is 12.4. The molecule has 1 N–H and O–H groups in total. The van der Waals surface area contributed by atoms with Crippen molar-refractivity contribution in [2.24, 2.45) is 0 Å². The SMILES string of the molecule is N#Cc1ccccc1N1CCN(C(=O)Nc2cccc(Br)c2)CC1. The molecule has 0 aromatic heterocycles. The minimum Gasteiger partial charge on any atom is -0.367 e. The van der Waals surface area contributed by atoms with Gasteiger partial charge >= 0.3 is 6.03 Å². The Bertz CT molecular complexity index is 779. The molecule has 1 aliphatic rings. The molecule has 1 saturated heterocycles. The standard InChI is InChI=1S/C18H17BrN4O/c19-15-5-3-6-16(12-15)21-18(24)23-10-8-22(9-11-23)17-7-2-1-4-14(17)13-20/h1-7,12H,8-11H2,(H,21,24). The van der Waals surface area contributed by atoms with Gasteiger partial charge in [-0.3, -0.25) is 0 Å². The topological polar surface area (TPSA) is 59.4 Å². The summed E-state index contributed by atoms with van der Waals surface area (Å²) in [6.07, 6.45) is 0. The van der Waals surface area contributed by atoms with Gasteiger partial charge < -0.3 is 15.1 Å². The molecule has 0 atom stereocenters. The Morgan fingerprint density at radius 3 is 2.54 bits per heavy atom. The predicted molar refractivity (Wildman–Crippen MR) is 98.1 cm³/mol. The van der Waals surface area contributed by atoms with E-state index in [1.54, 1.807) is 4.90 Å². The van der Waals surface area contributed by atoms with E-state index in [9.17, 15) is 10.1 Å². The lowest BCUT2D eigenvalue weighted by Gasteiger charge is -2.36. The van der Waals surface area contributed by atoms with E-state index in [2.05, 4.69) is 32.2 Å². The fourth-order valence-electron chi connectivity index (χ4n) is 2.76. The van der Waals surface area contributed by atoms with E-state index >= 15 is 0 Å². The fraction of sp³-hybridized carbons (Fsp3) is 0.222. The summed E-state index contributed by atoms with van der Waals surface area (Å²) in [6, 6.07) is 17.2. The molecule has 0 unspecified atom stereocenters. The molecule has 0 aliphatic carbocycles. The van der Waals surface area contributed by atoms with E-state index in [1.165, 1.54) is 0 Å². The van der Waals surface area contributed by atoms with E-state index in [0.29, 0.717) is 31.7 Å². The Morgan fingerprint density at radius 2 is 1.83 bits per heavy atom. The van der Waals surface area contributed by atoms with Crippen LogP contribution in [-0.2, 0) is 0 Å². The van der Waals surface area contributed by atoms with Crippen LogP contribution in [0.4, 0.5) is 16.2 Å². The van der Waals surface area contributed by atoms with Gasteiger partial charge in [0.15, 0.2) is 0 Å². The Balaban J connectivity index is 1.61. The van der Waals surface area contributed by atoms with Crippen molar-refractivity contribution in [3.63, 3.8) is 0 Å². The third-order valence-electron chi connectivity index (χ3n) is 4.01. The zero-order valence-corrected chi connectivity index (χ0v) is 14.7. The Morgan fingerprint density at radius 1 is 1.08 bits per heavy atom. The van der Waals surface area contributed by atoms with E-state index in [0.717, 1.165) is 15.8 Å². The average Bonchev–Trinajstić information content (AvgIpc) is 2.62. The van der Waals surface area contributed by atoms with Crippen molar-refractivity contribution in [2.75, 3.05) is 36.4 Å². The molecule has 1 fully saturated rings. The van der Waals surface area contributed by atoms with Crippen LogP contribution in [0.5, 0.6) is 0 Å². The molecular weight excluding hydrogens is 368 g/mol. The van der Waals surface area contributed by atoms with Crippen LogP contribution in [0.25, 0.3) is 0 Å². The lowest BCUT2D eigenvalue weighted by Crippen LogP contribution is -2.50. The van der Waals surface area contributed by atoms with E-state index in [-0.39, 0.29) is 6.03 Å². The van der Waals surface area contributed by atoms with Gasteiger partial charge in [-0.2, -0.15) is 5.26 Å². The first-order chi connectivity index (χ1) is 11.7. The molecule has 1 heterocycles. The Labute approximate surface area is 149 Å². The number of nitrogens with zero attached hydrogens (tertiary/aromatic N) is 3. The number of hydrogen-bond acceptors (Lipinski definition) is 3. The van der Waals surface area contributed by atoms with Crippen LogP contribution < -0.4 is 10.2 Å². The number of benzene rings is 2. The fourth-order valence-corrected chi connectivity index (χ4v) is 3.16. The summed E-state index contributed by atoms with van der Waals surface area (Å²) in [5.41, 5.74) is 2.38. The molecule has 1 aliphatic heterocycles. The van der Waals surface area contributed by atoms with Crippen molar-refractivity contribution in [2.45, 2.75) is 0 Å². The minimum atomic E-state index is -0.0960. The summed E-state index contributed by atoms with van der Waals surface area (Å²) in [4.78, 5) is 16.3. The highest BCUT2D eigenvalue weighted by atomic mass is 79.9. The maximum Gasteiger partial charge on any atom is 0.321 e. The number of piperazine rings is 1. The molecule has 2 aromatic carbocycles. The van der Waals surface area contributed by atoms with Gasteiger partial charge in [-0.15, -0.1) is 0 Å². The van der Waals surface area contributed by atoms with Crippen LogP contribution in [0.1, 0.15) is 5.56 Å². The maximum atomic E-state index is 12.4. The van der Waals surface area contributed by atoms with Gasteiger partial charge in [0.05, 0.1) is 11.3 Å². The van der Waals surface area contributed by atoms with Crippen molar-refractivity contribution in [3.05, 3.63) is 58.6 Å². The van der Waals surface area contributed by atoms with Crippen LogP contribution in [0.2, 0.25) is 0 Å². The zero-order valence-electron chi connectivity index (χ0n) is 13.1. The van der Waals surface area contributed by atoms with Gasteiger partial charge in [-0.05, 0) is 30.3 Å². The molecule has 24 heavy (non-hydrogen) atoms. The summed E-state index contributed by atoms with van der Waals surface area (Å²) in [5.74, 6) is 0. The predicted octanol–water partition coefficient (Wildman–Crippen LogP) is 3.67. The van der Waals surface area contributed by atoms with Crippen LogP contribution >= 0.6 is 15.9 Å². The molecule has 6 heteroatoms. The summed E-state index contributed by atoms with van der Waals surface area (Å²) >= 11 is 3.40. The molecule has 2 amide bonds. The number of nitrogens with one attached hydrogen (secondary N) is 1. The minimum absolute atomic E-state index is 0.0960. The van der Waals surface area contributed by atoms with Crippen molar-refractivity contribution >= 4 is 33.3 Å². The van der Waals surface area contributed by atoms with E-state index in [1.807, 2.05) is 48.5 Å². The second-order valence-corrected chi connectivity index (χ2v) is 6.46. The number of rotatable bonds is 2. The first-order valence-corrected chi connectivity index (χ1v) is 8.52. The molecule has 122 valence electrons. The third kappa shape index (κ3) is 3.69. The Kier molecular flexibility index (Phi) is 5.02. The van der Waals surface area contributed by atoms with Crippen molar-refractivity contribution in [1.82, 2.24) is 4.90 Å². The van der Waals surface area contributed by atoms with Gasteiger partial charge in [0, 0.05) is 36.3 Å². The van der Waals surface area contributed by atoms with Gasteiger partial charge in [0.1, 0.15) is 6.07 Å². The molecular formula is C18H17BrN4O. The van der Waals surface area contributed by atoms with Gasteiger partial charge in [0.2, 0.25) is 0 Å². The molecule has 0 saturated carbocycles. The average molecular weight is 385 g/mol. The molecule has 0 spiro atoms. The molecule has 0 bridgehead atoms. The van der Waals surface area contributed by atoms with Crippen LogP contribution in [0, 0.1) is 11.3 Å². The van der Waals surface area contributed by atoms with Crippen LogP contribution in [0.3, 0.4) is 0 Å². The summed E-state index contributed by atoms with van der Waals surface area (Å²) < 4.78 is 0.929. The first-order valence-electron chi connectivity index (χ1n) is 7.73. The van der Waals surface area contributed by atoms with Gasteiger partial charge in [-0.1, -0.05) is 34.1 Å². The highest BCUT2D eigenvalue weighted by molar-refractivity contribution is 9.10. The smallest absolute Gasteiger partial charge is 0.321 e. The first kappa shape index (κ1) is 16.3. The normalized spacial score (nSPS) is 14.2. The molecule has 2 aromatic rings. The van der Waals surface area contributed by atoms with Crippen molar-refractivity contribution in [1.29, 1.82) is 5.26 Å². The highest BCUT2D eigenvalue weighted by Crippen LogP contribution is 2.21. The quantitative estimate of drug-likeness (QED) is 0.858. The summed E-state index contributed by atoms with van der Waals surface area (Å²) in [6.45, 7) is 2.67. The monoisotopic (exact) mass is 384 g/mol. The molecule has 3 rings (SSSR count). The number of nitriles is 1. The molecule has 0 radical (unpaired) electrons. The number of urea groups is 1. The van der Waals surface area contributed by atoms with E-state index in [4.69, 9.17) is 0 Å². The van der Waals surface area contributed by atoms with Crippen molar-refractivity contribution in [3.8, 4) is 6.07 Å². The zero-order chi connectivity index (χ0) is 16.9. The second-order valence-electron chi connectivity index (χ2n) is 5.54. The summed E-state index contributed by atoms with van der Waals surface area (Å²) in [7, 11) is 0. The number of carbonyl (C=O) groups is 1. The second kappa shape index (κ2) is 7.37. The number of carbonyl (C=O) groups excluding carboxylic acids is 1. The largest absolute Gasteiger partial charge is 0.367 e. The lowest BCUT2D eigenvalue weighted by atomic mass is 10.1. The van der Waals surface area contributed by atoms with Crippen LogP contribution in [0.15, 0.2) is 53.0 Å². The lowest BCUT2D eigenvalue weighted by molar-refractivity contribution is 0.208. The number of hydrogen-bond donors (Lipinski definition) is 1. The number of anilines is 2. The van der Waals surface area contributed by atoms with Gasteiger partial charge in [-0.25, -0.2) is 4.79 Å².